The van der Waals surface area contributed by atoms with E-state index in [2.05, 4.69) is 34.7 Å². The van der Waals surface area contributed by atoms with Gasteiger partial charge in [0.05, 0.1) is 11.9 Å². The molecule has 20 heavy (non-hydrogen) atoms. The second-order valence-electron chi connectivity index (χ2n) is 5.01. The lowest BCUT2D eigenvalue weighted by molar-refractivity contribution is 0.615. The molecule has 0 saturated heterocycles. The van der Waals surface area contributed by atoms with Crippen LogP contribution in [0.4, 0.5) is 5.69 Å². The summed E-state index contributed by atoms with van der Waals surface area (Å²) in [6.07, 6.45) is 3.53. The Bertz CT molecular complexity index is 671. The Labute approximate surface area is 122 Å². The number of benzene rings is 1. The molecule has 1 aromatic heterocycles. The number of rotatable bonds is 3. The van der Waals surface area contributed by atoms with Gasteiger partial charge in [0, 0.05) is 12.6 Å². The minimum absolute atomic E-state index is 0.220. The zero-order chi connectivity index (χ0) is 14.1. The first kappa shape index (κ1) is 13.2. The van der Waals surface area contributed by atoms with Gasteiger partial charge in [0.2, 0.25) is 0 Å². The van der Waals surface area contributed by atoms with Gasteiger partial charge in [-0.1, -0.05) is 35.9 Å². The highest BCUT2D eigenvalue weighted by atomic mass is 35.5. The van der Waals surface area contributed by atoms with E-state index in [-0.39, 0.29) is 16.6 Å². The molecule has 0 saturated carbocycles. The van der Waals surface area contributed by atoms with Gasteiger partial charge in [0.15, 0.2) is 0 Å². The lowest BCUT2D eigenvalue weighted by atomic mass is 10.1. The second kappa shape index (κ2) is 5.29. The van der Waals surface area contributed by atoms with Crippen LogP contribution >= 0.6 is 11.6 Å². The Kier molecular flexibility index (Phi) is 3.49. The maximum Gasteiger partial charge on any atom is 0.287 e. The van der Waals surface area contributed by atoms with Crippen LogP contribution in [0.15, 0.2) is 35.3 Å². The molecule has 0 radical (unpaired) electrons. The fourth-order valence-corrected chi connectivity index (χ4v) is 2.87. The van der Waals surface area contributed by atoms with E-state index in [4.69, 9.17) is 11.6 Å². The van der Waals surface area contributed by atoms with Crippen molar-refractivity contribution in [3.63, 3.8) is 0 Å². The summed E-state index contributed by atoms with van der Waals surface area (Å²) < 4.78 is 1.36. The number of aromatic nitrogens is 2. The van der Waals surface area contributed by atoms with Crippen LogP contribution in [-0.4, -0.2) is 15.8 Å². The largest absolute Gasteiger partial charge is 0.379 e. The average Bonchev–Trinajstić information content (AvgIpc) is 2.86. The van der Waals surface area contributed by atoms with E-state index in [1.165, 1.54) is 15.8 Å². The summed E-state index contributed by atoms with van der Waals surface area (Å²) in [5.74, 6) is 0. The Morgan fingerprint density at radius 2 is 2.00 bits per heavy atom. The van der Waals surface area contributed by atoms with Gasteiger partial charge in [-0.15, -0.1) is 0 Å². The van der Waals surface area contributed by atoms with E-state index in [1.54, 1.807) is 6.20 Å². The highest BCUT2D eigenvalue weighted by Gasteiger charge is 2.22. The van der Waals surface area contributed by atoms with E-state index < -0.39 is 0 Å². The third-order valence-electron chi connectivity index (χ3n) is 3.70. The number of nitrogens with zero attached hydrogens (tertiary/aromatic N) is 2. The van der Waals surface area contributed by atoms with Crippen molar-refractivity contribution in [2.24, 2.45) is 0 Å². The van der Waals surface area contributed by atoms with E-state index in [0.29, 0.717) is 12.2 Å². The maximum absolute atomic E-state index is 11.9. The van der Waals surface area contributed by atoms with Gasteiger partial charge in [-0.05, 0) is 30.9 Å². The van der Waals surface area contributed by atoms with Gasteiger partial charge in [-0.3, -0.25) is 4.79 Å². The summed E-state index contributed by atoms with van der Waals surface area (Å²) >= 11 is 6.13. The number of aryl methyl sites for hydroxylation is 1. The monoisotopic (exact) mass is 289 g/mol. The molecule has 0 bridgehead atoms. The van der Waals surface area contributed by atoms with Crippen molar-refractivity contribution < 1.29 is 0 Å². The van der Waals surface area contributed by atoms with Crippen LogP contribution in [0.1, 0.15) is 18.1 Å². The minimum atomic E-state index is -0.241. The fourth-order valence-electron chi connectivity index (χ4n) is 2.67. The van der Waals surface area contributed by atoms with Crippen LogP contribution in [0.25, 0.3) is 0 Å². The molecule has 4 nitrogen and oxygen atoms in total. The van der Waals surface area contributed by atoms with Crippen LogP contribution in [0.5, 0.6) is 0 Å². The topological polar surface area (TPSA) is 46.9 Å². The first-order chi connectivity index (χ1) is 9.69. The molecule has 0 aliphatic heterocycles. The molecule has 0 fully saturated rings. The van der Waals surface area contributed by atoms with Crippen LogP contribution in [-0.2, 0) is 19.4 Å². The molecule has 5 heteroatoms. The summed E-state index contributed by atoms with van der Waals surface area (Å²) in [7, 11) is 0. The predicted octanol–water partition coefficient (Wildman–Crippen LogP) is 2.50. The van der Waals surface area contributed by atoms with E-state index in [1.807, 2.05) is 6.92 Å². The maximum atomic E-state index is 11.9. The Hall–Kier alpha value is -1.81. The quantitative estimate of drug-likeness (QED) is 0.944. The molecule has 2 aromatic rings. The second-order valence-corrected chi connectivity index (χ2v) is 5.39. The van der Waals surface area contributed by atoms with E-state index in [9.17, 15) is 4.79 Å². The van der Waals surface area contributed by atoms with Crippen molar-refractivity contribution in [2.45, 2.75) is 32.4 Å². The average molecular weight is 290 g/mol. The Balaban J connectivity index is 1.81. The highest BCUT2D eigenvalue weighted by Crippen LogP contribution is 2.25. The normalized spacial score (nSPS) is 14.3. The SMILES string of the molecule is CCn1ncc(NC2Cc3ccccc3C2)c(Cl)c1=O. The first-order valence-corrected chi connectivity index (χ1v) is 7.15. The zero-order valence-corrected chi connectivity index (χ0v) is 12.0. The van der Waals surface area contributed by atoms with Crippen LogP contribution in [0.2, 0.25) is 5.02 Å². The number of halogens is 1. The van der Waals surface area contributed by atoms with Crippen LogP contribution < -0.4 is 10.9 Å². The number of hydrogen-bond donors (Lipinski definition) is 1. The summed E-state index contributed by atoms with van der Waals surface area (Å²) in [5.41, 5.74) is 3.10. The summed E-state index contributed by atoms with van der Waals surface area (Å²) in [6.45, 7) is 2.39. The molecule has 1 aromatic carbocycles. The lowest BCUT2D eigenvalue weighted by Gasteiger charge is -2.14. The van der Waals surface area contributed by atoms with Gasteiger partial charge in [0.25, 0.3) is 5.56 Å². The molecule has 3 rings (SSSR count). The standard InChI is InChI=1S/C15H16ClN3O/c1-2-19-15(20)14(16)13(9-17-19)18-12-7-10-5-3-4-6-11(10)8-12/h3-6,9,12,18H,2,7-8H2,1H3. The fraction of sp³-hybridized carbons (Fsp3) is 0.333. The Morgan fingerprint density at radius 3 is 2.60 bits per heavy atom. The number of anilines is 1. The zero-order valence-electron chi connectivity index (χ0n) is 11.3. The molecular weight excluding hydrogens is 274 g/mol. The van der Waals surface area contributed by atoms with Crippen molar-refractivity contribution in [2.75, 3.05) is 5.32 Å². The van der Waals surface area contributed by atoms with Crippen molar-refractivity contribution in [3.8, 4) is 0 Å². The van der Waals surface area contributed by atoms with Crippen LogP contribution in [0, 0.1) is 0 Å². The van der Waals surface area contributed by atoms with Crippen molar-refractivity contribution in [1.82, 2.24) is 9.78 Å². The third-order valence-corrected chi connectivity index (χ3v) is 4.06. The first-order valence-electron chi connectivity index (χ1n) is 6.78. The molecule has 0 spiro atoms. The molecule has 1 aliphatic carbocycles. The summed E-state index contributed by atoms with van der Waals surface area (Å²) in [5, 5.41) is 7.67. The molecule has 0 atom stereocenters. The lowest BCUT2D eigenvalue weighted by Crippen LogP contribution is -2.26. The Morgan fingerprint density at radius 1 is 1.35 bits per heavy atom. The smallest absolute Gasteiger partial charge is 0.287 e. The van der Waals surface area contributed by atoms with Crippen molar-refractivity contribution >= 4 is 17.3 Å². The molecule has 1 N–H and O–H groups in total. The highest BCUT2D eigenvalue weighted by molar-refractivity contribution is 6.32. The molecule has 104 valence electrons. The molecular formula is C15H16ClN3O. The van der Waals surface area contributed by atoms with Crippen molar-refractivity contribution in [1.29, 1.82) is 0 Å². The van der Waals surface area contributed by atoms with Crippen molar-refractivity contribution in [3.05, 3.63) is 57.0 Å². The summed E-state index contributed by atoms with van der Waals surface area (Å²) in [6, 6.07) is 8.66. The minimum Gasteiger partial charge on any atom is -0.379 e. The van der Waals surface area contributed by atoms with Crippen LogP contribution in [0.3, 0.4) is 0 Å². The number of fused-ring (bicyclic) bond motifs is 1. The molecule has 1 aliphatic rings. The van der Waals surface area contributed by atoms with Gasteiger partial charge < -0.3 is 5.32 Å². The van der Waals surface area contributed by atoms with Gasteiger partial charge in [0.1, 0.15) is 5.02 Å². The van der Waals surface area contributed by atoms with Gasteiger partial charge in [-0.2, -0.15) is 5.10 Å². The predicted molar refractivity (Wildman–Crippen MR) is 80.4 cm³/mol. The van der Waals surface area contributed by atoms with Gasteiger partial charge >= 0.3 is 0 Å². The molecule has 1 heterocycles. The van der Waals surface area contributed by atoms with E-state index in [0.717, 1.165) is 12.8 Å². The summed E-state index contributed by atoms with van der Waals surface area (Å²) in [4.78, 5) is 11.9. The number of nitrogens with one attached hydrogen (secondary N) is 1. The molecule has 0 amide bonds. The third kappa shape index (κ3) is 2.31. The number of hydrogen-bond acceptors (Lipinski definition) is 3. The molecule has 0 unspecified atom stereocenters. The van der Waals surface area contributed by atoms with E-state index >= 15 is 0 Å². The van der Waals surface area contributed by atoms with Gasteiger partial charge in [-0.25, -0.2) is 4.68 Å².